The molecule has 0 saturated heterocycles. The van der Waals surface area contributed by atoms with E-state index in [1.54, 1.807) is 28.7 Å². The Morgan fingerprint density at radius 1 is 1.36 bits per heavy atom. The average Bonchev–Trinajstić information content (AvgIpc) is 2.18. The number of hydrogen-bond donors (Lipinski definition) is 1. The van der Waals surface area contributed by atoms with Crippen LogP contribution in [0.3, 0.4) is 0 Å². The van der Waals surface area contributed by atoms with Crippen molar-refractivity contribution < 1.29 is 14.3 Å². The molecule has 1 N–H and O–H groups in total. The lowest BCUT2D eigenvalue weighted by Crippen LogP contribution is -2.28. The first kappa shape index (κ1) is 13.9. The minimum Gasteiger partial charge on any atom is -0.449 e. The fourth-order valence-corrected chi connectivity index (χ4v) is 2.11. The van der Waals surface area contributed by atoms with E-state index in [1.165, 1.54) is 0 Å². The summed E-state index contributed by atoms with van der Waals surface area (Å²) in [6, 6.07) is 0. The molecule has 0 fully saturated rings. The molecular formula is C8H17NO3S2. The van der Waals surface area contributed by atoms with Crippen LogP contribution in [0.4, 0.5) is 4.79 Å². The first-order valence-electron chi connectivity index (χ1n) is 4.45. The van der Waals surface area contributed by atoms with E-state index in [2.05, 4.69) is 12.2 Å². The Morgan fingerprint density at radius 3 is 2.79 bits per heavy atom. The van der Waals surface area contributed by atoms with E-state index in [4.69, 9.17) is 9.47 Å². The number of methoxy groups -OCH3 is 1. The third-order valence-corrected chi connectivity index (χ3v) is 3.62. The predicted molar refractivity (Wildman–Crippen MR) is 61.8 cm³/mol. The smallest absolute Gasteiger partial charge is 0.407 e. The fraction of sp³-hybridized carbons (Fsp3) is 0.875. The zero-order valence-electron chi connectivity index (χ0n) is 8.58. The SMILES string of the molecule is CCSSCCOC(=O)NCCOC. The van der Waals surface area contributed by atoms with Crippen molar-refractivity contribution in [3.63, 3.8) is 0 Å². The zero-order chi connectivity index (χ0) is 10.6. The summed E-state index contributed by atoms with van der Waals surface area (Å²) in [4.78, 5) is 10.9. The van der Waals surface area contributed by atoms with Gasteiger partial charge in [0.25, 0.3) is 0 Å². The summed E-state index contributed by atoms with van der Waals surface area (Å²) in [5.41, 5.74) is 0. The van der Waals surface area contributed by atoms with Gasteiger partial charge in [0.15, 0.2) is 0 Å². The van der Waals surface area contributed by atoms with Crippen molar-refractivity contribution in [3.8, 4) is 0 Å². The lowest BCUT2D eigenvalue weighted by Gasteiger charge is -2.05. The number of ether oxygens (including phenoxy) is 2. The number of carbonyl (C=O) groups excluding carboxylic acids is 1. The third kappa shape index (κ3) is 10.0. The summed E-state index contributed by atoms with van der Waals surface area (Å²) in [6.45, 7) is 3.55. The van der Waals surface area contributed by atoms with Crippen molar-refractivity contribution in [2.45, 2.75) is 6.92 Å². The Labute approximate surface area is 92.9 Å². The van der Waals surface area contributed by atoms with Crippen LogP contribution in [0.5, 0.6) is 0 Å². The largest absolute Gasteiger partial charge is 0.449 e. The highest BCUT2D eigenvalue weighted by atomic mass is 33.1. The van der Waals surface area contributed by atoms with Gasteiger partial charge in [-0.2, -0.15) is 0 Å². The summed E-state index contributed by atoms with van der Waals surface area (Å²) in [7, 11) is 5.07. The van der Waals surface area contributed by atoms with E-state index in [1.807, 2.05) is 0 Å². The van der Waals surface area contributed by atoms with Crippen LogP contribution in [-0.2, 0) is 9.47 Å². The Hall–Kier alpha value is -0.0700. The minimum atomic E-state index is -0.371. The molecule has 0 saturated carbocycles. The molecule has 0 aliphatic carbocycles. The fourth-order valence-electron chi connectivity index (χ4n) is 0.617. The Kier molecular flexibility index (Phi) is 11.0. The van der Waals surface area contributed by atoms with Crippen LogP contribution >= 0.6 is 21.6 Å². The maximum Gasteiger partial charge on any atom is 0.407 e. The van der Waals surface area contributed by atoms with E-state index in [9.17, 15) is 4.79 Å². The molecule has 0 aromatic heterocycles. The van der Waals surface area contributed by atoms with Gasteiger partial charge < -0.3 is 14.8 Å². The molecule has 84 valence electrons. The van der Waals surface area contributed by atoms with E-state index in [0.29, 0.717) is 19.8 Å². The third-order valence-electron chi connectivity index (χ3n) is 1.18. The van der Waals surface area contributed by atoms with Crippen LogP contribution in [0.25, 0.3) is 0 Å². The number of amides is 1. The summed E-state index contributed by atoms with van der Waals surface area (Å²) < 4.78 is 9.67. The first-order valence-corrected chi connectivity index (χ1v) is 6.94. The number of nitrogens with one attached hydrogen (secondary N) is 1. The molecule has 0 unspecified atom stereocenters. The molecule has 1 amide bonds. The van der Waals surface area contributed by atoms with E-state index in [0.717, 1.165) is 11.5 Å². The summed E-state index contributed by atoms with van der Waals surface area (Å²) in [5, 5.41) is 2.57. The Bertz CT molecular complexity index is 147. The highest BCUT2D eigenvalue weighted by molar-refractivity contribution is 8.76. The number of carbonyl (C=O) groups is 1. The molecule has 0 atom stereocenters. The molecular weight excluding hydrogens is 222 g/mol. The molecule has 0 heterocycles. The monoisotopic (exact) mass is 239 g/mol. The standard InChI is InChI=1S/C8H17NO3S2/c1-3-13-14-7-6-12-8(10)9-4-5-11-2/h3-7H2,1-2H3,(H,9,10). The van der Waals surface area contributed by atoms with Crippen LogP contribution in [0, 0.1) is 0 Å². The van der Waals surface area contributed by atoms with Crippen LogP contribution in [0.15, 0.2) is 0 Å². The molecule has 4 nitrogen and oxygen atoms in total. The van der Waals surface area contributed by atoms with Gasteiger partial charge in [-0.3, -0.25) is 0 Å². The van der Waals surface area contributed by atoms with Gasteiger partial charge in [-0.1, -0.05) is 28.5 Å². The van der Waals surface area contributed by atoms with Gasteiger partial charge in [0, 0.05) is 25.2 Å². The molecule has 0 aliphatic rings. The van der Waals surface area contributed by atoms with Crippen molar-refractivity contribution in [1.82, 2.24) is 5.32 Å². The van der Waals surface area contributed by atoms with Gasteiger partial charge >= 0.3 is 6.09 Å². The Balaban J connectivity index is 3.10. The normalized spacial score (nSPS) is 9.86. The molecule has 0 aromatic rings. The maximum absolute atomic E-state index is 10.9. The zero-order valence-corrected chi connectivity index (χ0v) is 10.2. The number of alkyl carbamates (subject to hydrolysis) is 1. The lowest BCUT2D eigenvalue weighted by atomic mass is 10.7. The van der Waals surface area contributed by atoms with Crippen molar-refractivity contribution >= 4 is 27.7 Å². The van der Waals surface area contributed by atoms with Crippen molar-refractivity contribution in [3.05, 3.63) is 0 Å². The summed E-state index contributed by atoms with van der Waals surface area (Å²) >= 11 is 0. The van der Waals surface area contributed by atoms with Crippen LogP contribution < -0.4 is 5.32 Å². The molecule has 0 aromatic carbocycles. The topological polar surface area (TPSA) is 47.6 Å². The van der Waals surface area contributed by atoms with Gasteiger partial charge in [-0.25, -0.2) is 4.79 Å². The number of hydrogen-bond acceptors (Lipinski definition) is 5. The highest BCUT2D eigenvalue weighted by Gasteiger charge is 1.99. The van der Waals surface area contributed by atoms with Crippen molar-refractivity contribution in [2.75, 3.05) is 38.4 Å². The quantitative estimate of drug-likeness (QED) is 0.516. The molecule has 0 aliphatic heterocycles. The van der Waals surface area contributed by atoms with E-state index < -0.39 is 0 Å². The molecule has 6 heteroatoms. The van der Waals surface area contributed by atoms with Crippen molar-refractivity contribution in [1.29, 1.82) is 0 Å². The van der Waals surface area contributed by atoms with E-state index in [-0.39, 0.29) is 6.09 Å². The molecule has 0 bridgehead atoms. The average molecular weight is 239 g/mol. The summed E-state index contributed by atoms with van der Waals surface area (Å²) in [6.07, 6.45) is -0.371. The lowest BCUT2D eigenvalue weighted by molar-refractivity contribution is 0.145. The second kappa shape index (κ2) is 11.0. The molecule has 0 radical (unpaired) electrons. The minimum absolute atomic E-state index is 0.371. The second-order valence-corrected chi connectivity index (χ2v) is 5.16. The highest BCUT2D eigenvalue weighted by Crippen LogP contribution is 2.19. The van der Waals surface area contributed by atoms with Gasteiger partial charge in [0.1, 0.15) is 6.61 Å². The first-order chi connectivity index (χ1) is 6.81. The second-order valence-electron chi connectivity index (χ2n) is 2.28. The van der Waals surface area contributed by atoms with Crippen LogP contribution in [0.2, 0.25) is 0 Å². The maximum atomic E-state index is 10.9. The Morgan fingerprint density at radius 2 is 2.14 bits per heavy atom. The van der Waals surface area contributed by atoms with Crippen LogP contribution in [-0.4, -0.2) is 44.5 Å². The van der Waals surface area contributed by atoms with Gasteiger partial charge in [-0.05, 0) is 0 Å². The van der Waals surface area contributed by atoms with Gasteiger partial charge in [0.2, 0.25) is 0 Å². The molecule has 0 rings (SSSR count). The molecule has 14 heavy (non-hydrogen) atoms. The van der Waals surface area contributed by atoms with Gasteiger partial charge in [0.05, 0.1) is 6.61 Å². The number of rotatable bonds is 8. The van der Waals surface area contributed by atoms with Crippen molar-refractivity contribution in [2.24, 2.45) is 0 Å². The van der Waals surface area contributed by atoms with Crippen LogP contribution in [0.1, 0.15) is 6.92 Å². The molecule has 0 spiro atoms. The predicted octanol–water partition coefficient (Wildman–Crippen LogP) is 1.76. The van der Waals surface area contributed by atoms with E-state index >= 15 is 0 Å². The summed E-state index contributed by atoms with van der Waals surface area (Å²) in [5.74, 6) is 1.90. The van der Waals surface area contributed by atoms with Gasteiger partial charge in [-0.15, -0.1) is 0 Å².